The minimum Gasteiger partial charge on any atom is -0.495 e. The number of aryl methyl sites for hydroxylation is 1. The van der Waals surface area contributed by atoms with E-state index in [1.165, 1.54) is 0 Å². The van der Waals surface area contributed by atoms with Gasteiger partial charge in [0.25, 0.3) is 0 Å². The Bertz CT molecular complexity index is 1250. The monoisotopic (exact) mass is 476 g/mol. The standard InChI is InChI=1S/C26H32N6O3/c1-3-20-26(29-15-5-6-16(33)9-15)31-23-19(11-28-25(27)24(23)30-20)14-4-7-21(22(8-14)34-2)32-12-17-10-18(13-32)35-17/h4,7-8,11,15-18,33H,3,5-6,9-10,12-13H2,1-2H3,(H2,27,28)(H,29,31)/t15-,16+,17?,18?/m1/s1. The summed E-state index contributed by atoms with van der Waals surface area (Å²) in [5, 5.41) is 13.5. The summed E-state index contributed by atoms with van der Waals surface area (Å²) in [6.45, 7) is 3.82. The number of aliphatic hydroxyl groups is 1. The molecule has 2 aromatic heterocycles. The van der Waals surface area contributed by atoms with Crippen LogP contribution in [0.1, 0.15) is 38.3 Å². The lowest BCUT2D eigenvalue weighted by molar-refractivity contribution is -0.133. The second-order valence-corrected chi connectivity index (χ2v) is 9.84. The normalized spacial score (nSPS) is 25.5. The number of aromatic nitrogens is 3. The molecule has 9 nitrogen and oxygen atoms in total. The van der Waals surface area contributed by atoms with Gasteiger partial charge in [-0.25, -0.2) is 15.0 Å². The third kappa shape index (κ3) is 4.02. The minimum absolute atomic E-state index is 0.184. The SMILES string of the molecule is CCc1nc2c(N)ncc(-c3ccc(N4CC5CC(C4)O5)c(OC)c3)c2nc1N[C@@H]1CC[C@H](O)C1. The molecule has 7 rings (SSSR count). The molecule has 3 saturated heterocycles. The first-order valence-corrected chi connectivity index (χ1v) is 12.5. The van der Waals surface area contributed by atoms with Crippen LogP contribution < -0.4 is 20.7 Å². The molecule has 3 aromatic rings. The predicted molar refractivity (Wildman–Crippen MR) is 136 cm³/mol. The van der Waals surface area contributed by atoms with Crippen molar-refractivity contribution in [2.75, 3.05) is 36.1 Å². The van der Waals surface area contributed by atoms with E-state index >= 15 is 0 Å². The van der Waals surface area contributed by atoms with E-state index in [4.69, 9.17) is 25.2 Å². The smallest absolute Gasteiger partial charge is 0.151 e. The van der Waals surface area contributed by atoms with Crippen LogP contribution in [-0.2, 0) is 11.2 Å². The van der Waals surface area contributed by atoms with Crippen LogP contribution in [-0.4, -0.2) is 64.6 Å². The van der Waals surface area contributed by atoms with Crippen LogP contribution in [0.4, 0.5) is 17.3 Å². The van der Waals surface area contributed by atoms with Crippen molar-refractivity contribution in [1.29, 1.82) is 0 Å². The Kier molecular flexibility index (Phi) is 5.61. The average molecular weight is 477 g/mol. The largest absolute Gasteiger partial charge is 0.495 e. The van der Waals surface area contributed by atoms with Crippen LogP contribution in [0.5, 0.6) is 5.75 Å². The fraction of sp³-hybridized carbons (Fsp3) is 0.500. The Hall–Kier alpha value is -3.17. The van der Waals surface area contributed by atoms with E-state index in [0.717, 1.165) is 72.8 Å². The Morgan fingerprint density at radius 2 is 1.97 bits per heavy atom. The van der Waals surface area contributed by atoms with Crippen molar-refractivity contribution in [2.45, 2.75) is 63.4 Å². The number of fused-ring (bicyclic) bond motifs is 3. The summed E-state index contributed by atoms with van der Waals surface area (Å²) in [5.74, 6) is 1.93. The van der Waals surface area contributed by atoms with E-state index in [9.17, 15) is 5.11 Å². The Morgan fingerprint density at radius 3 is 2.66 bits per heavy atom. The van der Waals surface area contributed by atoms with Gasteiger partial charge in [-0.15, -0.1) is 0 Å². The van der Waals surface area contributed by atoms with E-state index in [2.05, 4.69) is 34.3 Å². The van der Waals surface area contributed by atoms with Gasteiger partial charge in [0.15, 0.2) is 5.82 Å². The third-order valence-electron chi connectivity index (χ3n) is 7.47. The average Bonchev–Trinajstić information content (AvgIpc) is 3.27. The number of benzene rings is 1. The van der Waals surface area contributed by atoms with Crippen molar-refractivity contribution < 1.29 is 14.6 Å². The van der Waals surface area contributed by atoms with Crippen LogP contribution in [0.2, 0.25) is 0 Å². The lowest BCUT2D eigenvalue weighted by Crippen LogP contribution is -2.57. The zero-order valence-electron chi connectivity index (χ0n) is 20.2. The molecule has 35 heavy (non-hydrogen) atoms. The Labute approximate surface area is 204 Å². The summed E-state index contributed by atoms with van der Waals surface area (Å²) in [5.41, 5.74) is 11.3. The van der Waals surface area contributed by atoms with Gasteiger partial charge < -0.3 is 30.5 Å². The number of hydrogen-bond donors (Lipinski definition) is 3. The van der Waals surface area contributed by atoms with Crippen molar-refractivity contribution in [2.24, 2.45) is 0 Å². The van der Waals surface area contributed by atoms with Crippen molar-refractivity contribution in [1.82, 2.24) is 15.0 Å². The second kappa shape index (κ2) is 8.80. The van der Waals surface area contributed by atoms with Gasteiger partial charge >= 0.3 is 0 Å². The summed E-state index contributed by atoms with van der Waals surface area (Å²) in [7, 11) is 1.70. The third-order valence-corrected chi connectivity index (χ3v) is 7.47. The zero-order chi connectivity index (χ0) is 24.1. The minimum atomic E-state index is -0.259. The van der Waals surface area contributed by atoms with Gasteiger partial charge in [0.2, 0.25) is 0 Å². The number of aliphatic hydroxyl groups excluding tert-OH is 1. The van der Waals surface area contributed by atoms with E-state index in [0.29, 0.717) is 35.5 Å². The number of nitrogens with two attached hydrogens (primary N) is 1. The zero-order valence-corrected chi connectivity index (χ0v) is 20.2. The van der Waals surface area contributed by atoms with E-state index < -0.39 is 0 Å². The molecule has 1 aromatic carbocycles. The molecule has 0 spiro atoms. The maximum atomic E-state index is 9.96. The molecule has 0 amide bonds. The first-order valence-electron chi connectivity index (χ1n) is 12.5. The van der Waals surface area contributed by atoms with E-state index in [1.54, 1.807) is 13.3 Å². The summed E-state index contributed by atoms with van der Waals surface area (Å²) in [4.78, 5) is 16.7. The van der Waals surface area contributed by atoms with Crippen LogP contribution >= 0.6 is 0 Å². The van der Waals surface area contributed by atoms with E-state index in [1.807, 2.05) is 6.07 Å². The molecule has 184 valence electrons. The first-order chi connectivity index (χ1) is 17.0. The molecular weight excluding hydrogens is 444 g/mol. The molecule has 4 atom stereocenters. The van der Waals surface area contributed by atoms with Gasteiger partial charge in [-0.05, 0) is 43.4 Å². The molecule has 4 fully saturated rings. The fourth-order valence-corrected chi connectivity index (χ4v) is 5.61. The van der Waals surface area contributed by atoms with Crippen molar-refractivity contribution in [3.05, 3.63) is 30.1 Å². The molecular formula is C26H32N6O3. The number of nitrogen functional groups attached to an aromatic ring is 1. The van der Waals surface area contributed by atoms with Gasteiger partial charge in [0, 0.05) is 37.3 Å². The maximum Gasteiger partial charge on any atom is 0.151 e. The summed E-state index contributed by atoms with van der Waals surface area (Å²) in [6, 6.07) is 6.41. The molecule has 1 saturated carbocycles. The highest BCUT2D eigenvalue weighted by Crippen LogP contribution is 2.39. The van der Waals surface area contributed by atoms with Crippen LogP contribution in [0.15, 0.2) is 24.4 Å². The molecule has 4 aliphatic rings. The van der Waals surface area contributed by atoms with Crippen molar-refractivity contribution in [3.8, 4) is 16.9 Å². The fourth-order valence-electron chi connectivity index (χ4n) is 5.61. The summed E-state index contributed by atoms with van der Waals surface area (Å²) < 4.78 is 11.6. The molecule has 0 radical (unpaired) electrons. The van der Waals surface area contributed by atoms with Gasteiger partial charge in [-0.1, -0.05) is 13.0 Å². The number of rotatable bonds is 6. The predicted octanol–water partition coefficient (Wildman–Crippen LogP) is 3.15. The number of nitrogens with one attached hydrogen (secondary N) is 1. The van der Waals surface area contributed by atoms with Crippen molar-refractivity contribution >= 4 is 28.4 Å². The quantitative estimate of drug-likeness (QED) is 0.493. The Balaban J connectivity index is 1.40. The highest BCUT2D eigenvalue weighted by atomic mass is 16.5. The van der Waals surface area contributed by atoms with Gasteiger partial charge in [-0.2, -0.15) is 0 Å². The van der Waals surface area contributed by atoms with Crippen LogP contribution in [0, 0.1) is 0 Å². The molecule has 2 unspecified atom stereocenters. The lowest BCUT2D eigenvalue weighted by Gasteiger charge is -2.48. The summed E-state index contributed by atoms with van der Waals surface area (Å²) >= 11 is 0. The number of methoxy groups -OCH3 is 1. The molecule has 1 aliphatic carbocycles. The molecule has 4 N–H and O–H groups in total. The number of hydrogen-bond acceptors (Lipinski definition) is 9. The number of morpholine rings is 1. The highest BCUT2D eigenvalue weighted by Gasteiger charge is 2.39. The summed E-state index contributed by atoms with van der Waals surface area (Å²) in [6.07, 6.45) is 6.44. The molecule has 5 heterocycles. The molecule has 2 bridgehead atoms. The first kappa shape index (κ1) is 22.3. The number of piperidine rings is 1. The van der Waals surface area contributed by atoms with E-state index in [-0.39, 0.29) is 12.1 Å². The number of nitrogens with zero attached hydrogens (tertiary/aromatic N) is 4. The topological polar surface area (TPSA) is 119 Å². The van der Waals surface area contributed by atoms with Gasteiger partial charge in [0.1, 0.15) is 22.6 Å². The second-order valence-electron chi connectivity index (χ2n) is 9.84. The number of pyridine rings is 1. The number of anilines is 3. The van der Waals surface area contributed by atoms with Gasteiger partial charge in [0.05, 0.1) is 36.8 Å². The Morgan fingerprint density at radius 1 is 1.17 bits per heavy atom. The lowest BCUT2D eigenvalue weighted by atomic mass is 9.97. The highest BCUT2D eigenvalue weighted by molar-refractivity contribution is 5.97. The van der Waals surface area contributed by atoms with Crippen LogP contribution in [0.25, 0.3) is 22.2 Å². The maximum absolute atomic E-state index is 9.96. The molecule has 3 aliphatic heterocycles. The van der Waals surface area contributed by atoms with Crippen molar-refractivity contribution in [3.63, 3.8) is 0 Å². The molecule has 9 heteroatoms. The number of ether oxygens (including phenoxy) is 2. The van der Waals surface area contributed by atoms with Gasteiger partial charge in [-0.3, -0.25) is 0 Å². The van der Waals surface area contributed by atoms with Crippen LogP contribution in [0.3, 0.4) is 0 Å².